The van der Waals surface area contributed by atoms with Gasteiger partial charge in [-0.25, -0.2) is 0 Å². The van der Waals surface area contributed by atoms with E-state index in [2.05, 4.69) is 52.6 Å². The van der Waals surface area contributed by atoms with E-state index in [0.29, 0.717) is 12.1 Å². The summed E-state index contributed by atoms with van der Waals surface area (Å²) in [7, 11) is 0. The Kier molecular flexibility index (Phi) is 3.74. The summed E-state index contributed by atoms with van der Waals surface area (Å²) in [6.07, 6.45) is 0. The van der Waals surface area contributed by atoms with Crippen molar-refractivity contribution in [1.29, 1.82) is 0 Å². The molecule has 1 N–H and O–H groups in total. The first-order chi connectivity index (χ1) is 4.34. The maximum Gasteiger partial charge on any atom is 0.0224 e. The molecule has 62 valence electrons. The molecule has 0 bridgehead atoms. The van der Waals surface area contributed by atoms with E-state index < -0.39 is 0 Å². The van der Waals surface area contributed by atoms with Crippen molar-refractivity contribution in [2.75, 3.05) is 0 Å². The van der Waals surface area contributed by atoms with E-state index in [1.165, 1.54) is 0 Å². The maximum atomic E-state index is 4.46. The Morgan fingerprint density at radius 2 is 1.60 bits per heavy atom. The van der Waals surface area contributed by atoms with Gasteiger partial charge < -0.3 is 5.32 Å². The van der Waals surface area contributed by atoms with Crippen LogP contribution in [0.15, 0.2) is 0 Å². The fourth-order valence-corrected chi connectivity index (χ4v) is 0.778. The van der Waals surface area contributed by atoms with E-state index in [1.54, 1.807) is 0 Å². The highest BCUT2D eigenvalue weighted by atomic mass is 32.1. The van der Waals surface area contributed by atoms with Crippen LogP contribution >= 0.6 is 12.6 Å². The van der Waals surface area contributed by atoms with Gasteiger partial charge in [0.25, 0.3) is 0 Å². The van der Waals surface area contributed by atoms with E-state index in [1.807, 2.05) is 0 Å². The van der Waals surface area contributed by atoms with Crippen molar-refractivity contribution in [2.24, 2.45) is 0 Å². The lowest BCUT2D eigenvalue weighted by Crippen LogP contribution is -2.44. The largest absolute Gasteiger partial charge is 0.311 e. The average molecular weight is 161 g/mol. The zero-order valence-corrected chi connectivity index (χ0v) is 8.50. The van der Waals surface area contributed by atoms with E-state index in [4.69, 9.17) is 0 Å². The van der Waals surface area contributed by atoms with Crippen LogP contribution in [-0.4, -0.2) is 16.8 Å². The average Bonchev–Trinajstić information content (AvgIpc) is 1.60. The monoisotopic (exact) mass is 161 g/mol. The Morgan fingerprint density at radius 1 is 1.20 bits per heavy atom. The van der Waals surface area contributed by atoms with E-state index in [9.17, 15) is 0 Å². The molecule has 0 radical (unpaired) electrons. The zero-order chi connectivity index (χ0) is 8.36. The quantitative estimate of drug-likeness (QED) is 0.604. The fourth-order valence-electron chi connectivity index (χ4n) is 0.704. The van der Waals surface area contributed by atoms with Crippen molar-refractivity contribution in [3.63, 3.8) is 0 Å². The van der Waals surface area contributed by atoms with E-state index in [0.717, 1.165) is 0 Å². The van der Waals surface area contributed by atoms with E-state index >= 15 is 0 Å². The lowest BCUT2D eigenvalue weighted by molar-refractivity contribution is 0.426. The molecule has 2 heteroatoms. The predicted molar refractivity (Wildman–Crippen MR) is 50.8 cm³/mol. The minimum absolute atomic E-state index is 0.0737. The van der Waals surface area contributed by atoms with Gasteiger partial charge >= 0.3 is 0 Å². The summed E-state index contributed by atoms with van der Waals surface area (Å²) in [6.45, 7) is 10.7. The molecule has 0 aliphatic carbocycles. The van der Waals surface area contributed by atoms with Crippen LogP contribution in [-0.2, 0) is 0 Å². The molecule has 0 spiro atoms. The highest BCUT2D eigenvalue weighted by molar-refractivity contribution is 7.81. The molecule has 0 aliphatic heterocycles. The van der Waals surface area contributed by atoms with Crippen LogP contribution in [0.3, 0.4) is 0 Å². The maximum absolute atomic E-state index is 4.46. The molecular weight excluding hydrogens is 142 g/mol. The van der Waals surface area contributed by atoms with Crippen molar-refractivity contribution >= 4 is 12.6 Å². The van der Waals surface area contributed by atoms with Gasteiger partial charge in [0, 0.05) is 16.8 Å². The third-order valence-electron chi connectivity index (χ3n) is 1.64. The number of hydrogen-bond acceptors (Lipinski definition) is 2. The molecule has 0 saturated heterocycles. The van der Waals surface area contributed by atoms with Gasteiger partial charge in [0.2, 0.25) is 0 Å². The molecule has 1 unspecified atom stereocenters. The Bertz CT molecular complexity index is 93.9. The standard InChI is InChI=1S/C8H19NS/c1-6(2)9-7(3)8(4,5)10/h6-7,9-10H,1-5H3. The molecule has 0 aromatic heterocycles. The number of thiol groups is 1. The topological polar surface area (TPSA) is 12.0 Å². The van der Waals surface area contributed by atoms with E-state index in [-0.39, 0.29) is 4.75 Å². The Labute approximate surface area is 70.0 Å². The lowest BCUT2D eigenvalue weighted by atomic mass is 10.0. The summed E-state index contributed by atoms with van der Waals surface area (Å²) in [5.74, 6) is 0. The van der Waals surface area contributed by atoms with Crippen molar-refractivity contribution in [2.45, 2.75) is 51.4 Å². The van der Waals surface area contributed by atoms with Gasteiger partial charge in [-0.1, -0.05) is 13.8 Å². The van der Waals surface area contributed by atoms with Gasteiger partial charge in [-0.3, -0.25) is 0 Å². The minimum atomic E-state index is 0.0737. The molecule has 0 amide bonds. The van der Waals surface area contributed by atoms with Crippen LogP contribution in [0.2, 0.25) is 0 Å². The van der Waals surface area contributed by atoms with Gasteiger partial charge in [0.1, 0.15) is 0 Å². The third kappa shape index (κ3) is 4.18. The highest BCUT2D eigenvalue weighted by Crippen LogP contribution is 2.16. The number of nitrogens with one attached hydrogen (secondary N) is 1. The van der Waals surface area contributed by atoms with Crippen LogP contribution in [0.5, 0.6) is 0 Å². The molecular formula is C8H19NS. The first-order valence-electron chi connectivity index (χ1n) is 3.82. The van der Waals surface area contributed by atoms with Crippen LogP contribution in [0.1, 0.15) is 34.6 Å². The molecule has 1 nitrogen and oxygen atoms in total. The van der Waals surface area contributed by atoms with Crippen LogP contribution in [0, 0.1) is 0 Å². The van der Waals surface area contributed by atoms with Crippen molar-refractivity contribution < 1.29 is 0 Å². The molecule has 0 aromatic rings. The molecule has 0 aliphatic rings. The molecule has 0 aromatic carbocycles. The normalized spacial score (nSPS) is 15.9. The first kappa shape index (κ1) is 10.3. The number of hydrogen-bond donors (Lipinski definition) is 2. The molecule has 0 heterocycles. The van der Waals surface area contributed by atoms with Crippen LogP contribution in [0.25, 0.3) is 0 Å². The summed E-state index contributed by atoms with van der Waals surface area (Å²) in [5.41, 5.74) is 0. The molecule has 0 saturated carbocycles. The Balaban J connectivity index is 3.73. The molecule has 0 fully saturated rings. The Morgan fingerprint density at radius 3 is 1.70 bits per heavy atom. The highest BCUT2D eigenvalue weighted by Gasteiger charge is 2.20. The van der Waals surface area contributed by atoms with Crippen molar-refractivity contribution in [1.82, 2.24) is 5.32 Å². The smallest absolute Gasteiger partial charge is 0.0224 e. The second-order valence-electron chi connectivity index (χ2n) is 3.70. The molecule has 0 rings (SSSR count). The molecule has 10 heavy (non-hydrogen) atoms. The second-order valence-corrected chi connectivity index (χ2v) is 4.85. The second kappa shape index (κ2) is 3.63. The summed E-state index contributed by atoms with van der Waals surface area (Å²) in [4.78, 5) is 0. The summed E-state index contributed by atoms with van der Waals surface area (Å²) < 4.78 is 0.0737. The lowest BCUT2D eigenvalue weighted by Gasteiger charge is -2.28. The number of rotatable bonds is 3. The minimum Gasteiger partial charge on any atom is -0.311 e. The van der Waals surface area contributed by atoms with Gasteiger partial charge in [-0.05, 0) is 20.8 Å². The molecule has 1 atom stereocenters. The van der Waals surface area contributed by atoms with Crippen molar-refractivity contribution in [3.05, 3.63) is 0 Å². The van der Waals surface area contributed by atoms with Gasteiger partial charge in [0.15, 0.2) is 0 Å². The predicted octanol–water partition coefficient (Wildman–Crippen LogP) is 2.08. The SMILES string of the molecule is CC(C)NC(C)C(C)(C)S. The summed E-state index contributed by atoms with van der Waals surface area (Å²) in [6, 6.07) is 0.997. The van der Waals surface area contributed by atoms with Gasteiger partial charge in [-0.15, -0.1) is 0 Å². The Hall–Kier alpha value is 0.310. The summed E-state index contributed by atoms with van der Waals surface area (Å²) >= 11 is 4.46. The van der Waals surface area contributed by atoms with Gasteiger partial charge in [-0.2, -0.15) is 12.6 Å². The first-order valence-corrected chi connectivity index (χ1v) is 4.27. The van der Waals surface area contributed by atoms with Crippen molar-refractivity contribution in [3.8, 4) is 0 Å². The fraction of sp³-hybridized carbons (Fsp3) is 1.00. The zero-order valence-electron chi connectivity index (χ0n) is 7.60. The summed E-state index contributed by atoms with van der Waals surface area (Å²) in [5, 5.41) is 3.41. The van der Waals surface area contributed by atoms with Crippen LogP contribution < -0.4 is 5.32 Å². The van der Waals surface area contributed by atoms with Crippen LogP contribution in [0.4, 0.5) is 0 Å². The van der Waals surface area contributed by atoms with Gasteiger partial charge in [0.05, 0.1) is 0 Å². The third-order valence-corrected chi connectivity index (χ3v) is 2.03.